The molecule has 1 aromatic heterocycles. The highest BCUT2D eigenvalue weighted by molar-refractivity contribution is 6.35. The highest BCUT2D eigenvalue weighted by Gasteiger charge is 2.27. The molecule has 2 saturated heterocycles. The number of carbonyl (C=O) groups excluding carboxylic acids is 5. The van der Waals surface area contributed by atoms with E-state index in [1.165, 1.54) is 23.1 Å². The third kappa shape index (κ3) is 10.00. The van der Waals surface area contributed by atoms with Crippen molar-refractivity contribution < 1.29 is 42.9 Å². The molecule has 4 heterocycles. The van der Waals surface area contributed by atoms with Gasteiger partial charge < -0.3 is 45.3 Å². The van der Waals surface area contributed by atoms with Crippen LogP contribution in [0.3, 0.4) is 0 Å². The van der Waals surface area contributed by atoms with Crippen molar-refractivity contribution in [3.63, 3.8) is 0 Å². The van der Waals surface area contributed by atoms with Gasteiger partial charge in [-0.05, 0) is 63.1 Å². The van der Waals surface area contributed by atoms with Gasteiger partial charge >= 0.3 is 0 Å². The van der Waals surface area contributed by atoms with E-state index in [4.69, 9.17) is 9.47 Å². The molecule has 0 unspecified atom stereocenters. The van der Waals surface area contributed by atoms with E-state index in [-0.39, 0.29) is 63.1 Å². The highest BCUT2D eigenvalue weighted by Crippen LogP contribution is 2.34. The maximum atomic E-state index is 13.8. The van der Waals surface area contributed by atoms with Gasteiger partial charge in [0.2, 0.25) is 17.7 Å². The summed E-state index contributed by atoms with van der Waals surface area (Å²) in [5.41, 5.74) is 3.82. The molecule has 3 aliphatic heterocycles. The van der Waals surface area contributed by atoms with Gasteiger partial charge in [0, 0.05) is 68.5 Å². The molecule has 0 spiro atoms. The molecule has 5 N–H and O–H groups in total. The zero-order chi connectivity index (χ0) is 36.5. The summed E-state index contributed by atoms with van der Waals surface area (Å²) in [6, 6.07) is 4.13. The SMILES string of the molecule is Cc1[nH]c(/C=C2\C(=O)Nc3ccc(F)cc32)c(C)c1C(=O)NCCCN1CCN(C(=O)COCCOCC(=O)NCC(=O)N2CC[C@@H](O)C2)CC1. The lowest BCUT2D eigenvalue weighted by Gasteiger charge is -2.34. The number of ether oxygens (including phenoxy) is 2. The zero-order valence-electron chi connectivity index (χ0n) is 29.0. The minimum Gasteiger partial charge on any atom is -0.391 e. The standard InChI is InChI=1S/C35H46FN7O8/c1-22-29(17-27-26-16-24(36)4-5-28(26)40-34(27)48)39-23(2)33(22)35(49)37-7-3-8-41-10-12-42(13-11-41)32(47)21-51-15-14-50-20-30(45)38-18-31(46)43-9-6-25(44)19-43/h4-5,16-17,25,39,44H,3,6-15,18-21H2,1-2H3,(H,37,49)(H,38,45)(H,40,48)/b27-17-/t25-/m1/s1. The number of aliphatic hydroxyl groups is 1. The molecule has 3 aliphatic rings. The normalized spacial score (nSPS) is 18.2. The van der Waals surface area contributed by atoms with Gasteiger partial charge in [0.15, 0.2) is 0 Å². The van der Waals surface area contributed by atoms with Crippen LogP contribution >= 0.6 is 0 Å². The average Bonchev–Trinajstić information content (AvgIpc) is 3.77. The molecule has 15 nitrogen and oxygen atoms in total. The maximum Gasteiger partial charge on any atom is 0.256 e. The van der Waals surface area contributed by atoms with Crippen LogP contribution in [0, 0.1) is 19.7 Å². The molecule has 2 fully saturated rings. The van der Waals surface area contributed by atoms with E-state index >= 15 is 0 Å². The lowest BCUT2D eigenvalue weighted by Crippen LogP contribution is -2.50. The number of piperazine rings is 1. The van der Waals surface area contributed by atoms with Gasteiger partial charge in [-0.1, -0.05) is 0 Å². The first-order valence-electron chi connectivity index (χ1n) is 17.2. The van der Waals surface area contributed by atoms with Gasteiger partial charge in [-0.25, -0.2) is 4.39 Å². The van der Waals surface area contributed by atoms with E-state index in [0.29, 0.717) is 85.0 Å². The molecule has 5 rings (SSSR count). The fourth-order valence-corrected chi connectivity index (χ4v) is 6.36. The summed E-state index contributed by atoms with van der Waals surface area (Å²) in [6.07, 6.45) is 2.39. The minimum absolute atomic E-state index is 0.0897. The summed E-state index contributed by atoms with van der Waals surface area (Å²) < 4.78 is 24.5. The van der Waals surface area contributed by atoms with Gasteiger partial charge in [-0.15, -0.1) is 0 Å². The number of halogens is 1. The maximum absolute atomic E-state index is 13.8. The van der Waals surface area contributed by atoms with Crippen LogP contribution in [0.4, 0.5) is 10.1 Å². The predicted molar refractivity (Wildman–Crippen MR) is 185 cm³/mol. The van der Waals surface area contributed by atoms with Gasteiger partial charge in [-0.2, -0.15) is 0 Å². The van der Waals surface area contributed by atoms with Crippen molar-refractivity contribution in [2.75, 3.05) is 90.6 Å². The van der Waals surface area contributed by atoms with E-state index < -0.39 is 17.8 Å². The minimum atomic E-state index is -0.513. The monoisotopic (exact) mass is 711 g/mol. The van der Waals surface area contributed by atoms with E-state index in [0.717, 1.165) is 13.0 Å². The molecule has 0 bridgehead atoms. The van der Waals surface area contributed by atoms with Crippen LogP contribution in [0.5, 0.6) is 0 Å². The largest absolute Gasteiger partial charge is 0.391 e. The number of benzene rings is 1. The van der Waals surface area contributed by atoms with Crippen molar-refractivity contribution >= 4 is 46.9 Å². The molecular weight excluding hydrogens is 665 g/mol. The molecule has 1 atom stereocenters. The number of nitrogens with zero attached hydrogens (tertiary/aromatic N) is 3. The molecule has 276 valence electrons. The van der Waals surface area contributed by atoms with Crippen molar-refractivity contribution in [2.45, 2.75) is 32.8 Å². The highest BCUT2D eigenvalue weighted by atomic mass is 19.1. The van der Waals surface area contributed by atoms with Gasteiger partial charge in [-0.3, -0.25) is 28.9 Å². The number of hydrogen-bond acceptors (Lipinski definition) is 9. The van der Waals surface area contributed by atoms with Gasteiger partial charge in [0.05, 0.1) is 37.0 Å². The molecule has 16 heteroatoms. The van der Waals surface area contributed by atoms with E-state index in [2.05, 4.69) is 25.8 Å². The molecule has 1 aromatic carbocycles. The number of anilines is 1. The Kier molecular flexibility index (Phi) is 12.9. The fourth-order valence-electron chi connectivity index (χ4n) is 6.36. The Morgan fingerprint density at radius 2 is 1.75 bits per heavy atom. The summed E-state index contributed by atoms with van der Waals surface area (Å²) >= 11 is 0. The molecule has 51 heavy (non-hydrogen) atoms. The second kappa shape index (κ2) is 17.5. The molecule has 2 aromatic rings. The zero-order valence-corrected chi connectivity index (χ0v) is 29.0. The van der Waals surface area contributed by atoms with Crippen molar-refractivity contribution in [1.82, 2.24) is 30.3 Å². The summed E-state index contributed by atoms with van der Waals surface area (Å²) in [6.45, 7) is 7.91. The third-order valence-corrected chi connectivity index (χ3v) is 9.20. The number of amides is 5. The topological polar surface area (TPSA) is 186 Å². The van der Waals surface area contributed by atoms with E-state index in [1.54, 1.807) is 17.9 Å². The number of β-amino-alcohol motifs (C(OH)–C–C–N with tert-alkyl or cyclic N) is 1. The van der Waals surface area contributed by atoms with Crippen LogP contribution in [0.15, 0.2) is 18.2 Å². The lowest BCUT2D eigenvalue weighted by atomic mass is 10.0. The van der Waals surface area contributed by atoms with Crippen molar-refractivity contribution in [3.05, 3.63) is 52.1 Å². The number of rotatable bonds is 15. The third-order valence-electron chi connectivity index (χ3n) is 9.20. The summed E-state index contributed by atoms with van der Waals surface area (Å²) in [5, 5.41) is 17.7. The number of aromatic amines is 1. The Bertz CT molecular complexity index is 1650. The smallest absolute Gasteiger partial charge is 0.256 e. The summed E-state index contributed by atoms with van der Waals surface area (Å²) in [7, 11) is 0. The average molecular weight is 712 g/mol. The lowest BCUT2D eigenvalue weighted by molar-refractivity contribution is -0.139. The fraction of sp³-hybridized carbons (Fsp3) is 0.514. The number of aliphatic hydroxyl groups excluding tert-OH is 1. The van der Waals surface area contributed by atoms with Crippen LogP contribution < -0.4 is 16.0 Å². The van der Waals surface area contributed by atoms with E-state index in [1.807, 2.05) is 6.92 Å². The first kappa shape index (κ1) is 37.6. The number of likely N-dealkylation sites (tertiary alicyclic amines) is 1. The number of aromatic nitrogens is 1. The van der Waals surface area contributed by atoms with Crippen LogP contribution in [0.25, 0.3) is 11.6 Å². The van der Waals surface area contributed by atoms with E-state index in [9.17, 15) is 33.5 Å². The second-order valence-corrected chi connectivity index (χ2v) is 12.9. The number of nitrogens with one attached hydrogen (secondary N) is 4. The molecule has 0 aliphatic carbocycles. The number of fused-ring (bicyclic) bond motifs is 1. The molecule has 0 saturated carbocycles. The van der Waals surface area contributed by atoms with Crippen molar-refractivity contribution in [1.29, 1.82) is 0 Å². The number of H-pyrrole nitrogens is 1. The van der Waals surface area contributed by atoms with Crippen LogP contribution in [-0.2, 0) is 28.7 Å². The Balaban J connectivity index is 0.928. The molecular formula is C35H46FN7O8. The van der Waals surface area contributed by atoms with Gasteiger partial charge in [0.1, 0.15) is 19.0 Å². The van der Waals surface area contributed by atoms with Crippen LogP contribution in [0.1, 0.15) is 45.7 Å². The number of carbonyl (C=O) groups is 5. The Hall–Kier alpha value is -4.64. The number of aryl methyl sites for hydroxylation is 1. The summed E-state index contributed by atoms with van der Waals surface area (Å²) in [5.74, 6) is -1.80. The van der Waals surface area contributed by atoms with Crippen LogP contribution in [0.2, 0.25) is 0 Å². The van der Waals surface area contributed by atoms with Crippen molar-refractivity contribution in [3.8, 4) is 0 Å². The Morgan fingerprint density at radius 3 is 2.47 bits per heavy atom. The Morgan fingerprint density at radius 1 is 1.00 bits per heavy atom. The Labute approximate surface area is 295 Å². The second-order valence-electron chi connectivity index (χ2n) is 12.9. The van der Waals surface area contributed by atoms with Crippen LogP contribution in [-0.4, -0.2) is 146 Å². The number of hydrogen-bond donors (Lipinski definition) is 5. The first-order valence-corrected chi connectivity index (χ1v) is 17.2. The predicted octanol–water partition coefficient (Wildman–Crippen LogP) is 0.270. The first-order chi connectivity index (χ1) is 24.5. The van der Waals surface area contributed by atoms with Crippen molar-refractivity contribution in [2.24, 2.45) is 0 Å². The summed E-state index contributed by atoms with van der Waals surface area (Å²) in [4.78, 5) is 70.8. The van der Waals surface area contributed by atoms with Gasteiger partial charge in [0.25, 0.3) is 11.8 Å². The molecule has 5 amide bonds. The molecule has 0 radical (unpaired) electrons. The quantitative estimate of drug-likeness (QED) is 0.128.